The fraction of sp³-hybridized carbons (Fsp3) is 0.700. The Morgan fingerprint density at radius 3 is 2.00 bits per heavy atom. The van der Waals surface area contributed by atoms with Crippen LogP contribution in [-0.2, 0) is 9.53 Å². The quantitative estimate of drug-likeness (QED) is 0.309. The van der Waals surface area contributed by atoms with Crippen molar-refractivity contribution in [3.05, 3.63) is 22.0 Å². The highest BCUT2D eigenvalue weighted by Gasteiger charge is 2.25. The average Bonchev–Trinajstić information content (AvgIpc) is 2.15. The van der Waals surface area contributed by atoms with Crippen LogP contribution in [0.25, 0.3) is 0 Å². The van der Waals surface area contributed by atoms with Gasteiger partial charge in [-0.1, -0.05) is 0 Å². The number of carbonyl (C=O) groups excluding carboxylic acids is 1. The summed E-state index contributed by atoms with van der Waals surface area (Å²) < 4.78 is 4.36. The first-order valence-corrected chi connectivity index (χ1v) is 5.03. The molecule has 0 amide bonds. The predicted octanol–water partition coefficient (Wildman–Crippen LogP) is 1.40. The highest BCUT2D eigenvalue weighted by atomic mass is 16.6. The van der Waals surface area contributed by atoms with Crippen molar-refractivity contribution in [1.29, 1.82) is 0 Å². The molecule has 0 saturated heterocycles. The van der Waals surface area contributed by atoms with Gasteiger partial charge in [-0.15, -0.1) is 0 Å². The van der Waals surface area contributed by atoms with Gasteiger partial charge in [0.1, 0.15) is 0 Å². The van der Waals surface area contributed by atoms with Gasteiger partial charge in [-0.25, -0.2) is 4.79 Å². The van der Waals surface area contributed by atoms with Crippen LogP contribution in [0, 0.1) is 10.1 Å². The molecule has 6 heteroatoms. The third-order valence-corrected chi connectivity index (χ3v) is 2.06. The number of rotatable bonds is 5. The number of methoxy groups -OCH3 is 1. The molecule has 0 unspecified atom stereocenters. The second kappa shape index (κ2) is 6.09. The fourth-order valence-corrected chi connectivity index (χ4v) is 1.31. The summed E-state index contributed by atoms with van der Waals surface area (Å²) in [5.41, 5.74) is -0.551. The number of ether oxygens (including phenoxy) is 1. The molecule has 0 fully saturated rings. The first-order valence-electron chi connectivity index (χ1n) is 5.03. The second-order valence-electron chi connectivity index (χ2n) is 3.90. The van der Waals surface area contributed by atoms with E-state index < -0.39 is 16.6 Å². The van der Waals surface area contributed by atoms with Gasteiger partial charge in [0.25, 0.3) is 0 Å². The smallest absolute Gasteiger partial charge is 0.411 e. The van der Waals surface area contributed by atoms with Gasteiger partial charge >= 0.3 is 11.7 Å². The van der Waals surface area contributed by atoms with Crippen molar-refractivity contribution in [2.24, 2.45) is 0 Å². The number of hydrogen-bond acceptors (Lipinski definition) is 5. The van der Waals surface area contributed by atoms with Crippen molar-refractivity contribution in [1.82, 2.24) is 4.90 Å². The molecule has 0 aliphatic heterocycles. The van der Waals surface area contributed by atoms with Gasteiger partial charge in [0.15, 0.2) is 0 Å². The Kier molecular flexibility index (Phi) is 5.49. The summed E-state index contributed by atoms with van der Waals surface area (Å²) in [5, 5.41) is 10.7. The van der Waals surface area contributed by atoms with Crippen molar-refractivity contribution in [2.45, 2.75) is 39.8 Å². The topological polar surface area (TPSA) is 72.7 Å². The second-order valence-corrected chi connectivity index (χ2v) is 3.90. The molecule has 0 aliphatic carbocycles. The third kappa shape index (κ3) is 3.88. The van der Waals surface area contributed by atoms with Gasteiger partial charge in [0.2, 0.25) is 0 Å². The first kappa shape index (κ1) is 14.4. The van der Waals surface area contributed by atoms with E-state index in [1.165, 1.54) is 6.20 Å². The summed E-state index contributed by atoms with van der Waals surface area (Å²) in [6, 6.07) is 0.138. The standard InChI is InChI=1S/C10H18N2O4/c1-7(2)11(8(3)4)6-9(12(14)15)10(13)16-5/h6-8H,1-5H3/b9-6+. The Labute approximate surface area is 95.0 Å². The maximum atomic E-state index is 11.2. The van der Waals surface area contributed by atoms with E-state index in [1.807, 2.05) is 27.7 Å². The van der Waals surface area contributed by atoms with E-state index in [4.69, 9.17) is 0 Å². The van der Waals surface area contributed by atoms with Gasteiger partial charge in [0, 0.05) is 12.1 Å². The van der Waals surface area contributed by atoms with E-state index in [2.05, 4.69) is 4.74 Å². The minimum absolute atomic E-state index is 0.0691. The first-order chi connectivity index (χ1) is 7.31. The Balaban J connectivity index is 5.16. The number of nitrogens with zero attached hydrogens (tertiary/aromatic N) is 2. The molecule has 0 N–H and O–H groups in total. The minimum Gasteiger partial charge on any atom is -0.461 e. The molecule has 0 radical (unpaired) electrons. The Bertz CT molecular complexity index is 289. The van der Waals surface area contributed by atoms with Crippen LogP contribution in [0.4, 0.5) is 0 Å². The monoisotopic (exact) mass is 230 g/mol. The van der Waals surface area contributed by atoms with E-state index >= 15 is 0 Å². The zero-order chi connectivity index (χ0) is 12.9. The molecule has 0 atom stereocenters. The fourth-order valence-electron chi connectivity index (χ4n) is 1.31. The van der Waals surface area contributed by atoms with E-state index in [0.29, 0.717) is 0 Å². The van der Waals surface area contributed by atoms with E-state index in [9.17, 15) is 14.9 Å². The average molecular weight is 230 g/mol. The number of hydrogen-bond donors (Lipinski definition) is 0. The zero-order valence-corrected chi connectivity index (χ0v) is 10.3. The molecule has 0 spiro atoms. The lowest BCUT2D eigenvalue weighted by Crippen LogP contribution is -2.33. The minimum atomic E-state index is -0.934. The van der Waals surface area contributed by atoms with Crippen LogP contribution in [0.5, 0.6) is 0 Å². The number of nitro groups is 1. The van der Waals surface area contributed by atoms with Gasteiger partial charge in [0.05, 0.1) is 18.2 Å². The largest absolute Gasteiger partial charge is 0.461 e. The molecule has 0 saturated carbocycles. The number of esters is 1. The lowest BCUT2D eigenvalue weighted by molar-refractivity contribution is -0.422. The Morgan fingerprint density at radius 2 is 1.75 bits per heavy atom. The van der Waals surface area contributed by atoms with Crippen LogP contribution >= 0.6 is 0 Å². The molecule has 0 bridgehead atoms. The highest BCUT2D eigenvalue weighted by Crippen LogP contribution is 2.10. The van der Waals surface area contributed by atoms with Crippen LogP contribution in [-0.4, -0.2) is 35.0 Å². The van der Waals surface area contributed by atoms with Crippen molar-refractivity contribution in [2.75, 3.05) is 7.11 Å². The van der Waals surface area contributed by atoms with E-state index in [0.717, 1.165) is 7.11 Å². The Hall–Kier alpha value is -1.59. The third-order valence-electron chi connectivity index (χ3n) is 2.06. The summed E-state index contributed by atoms with van der Waals surface area (Å²) in [6.07, 6.45) is 1.24. The summed E-state index contributed by atoms with van der Waals surface area (Å²) >= 11 is 0. The lowest BCUT2D eigenvalue weighted by atomic mass is 10.2. The molecule has 0 heterocycles. The van der Waals surface area contributed by atoms with Crippen molar-refractivity contribution >= 4 is 5.97 Å². The van der Waals surface area contributed by atoms with Crippen LogP contribution < -0.4 is 0 Å². The van der Waals surface area contributed by atoms with Crippen LogP contribution in [0.3, 0.4) is 0 Å². The summed E-state index contributed by atoms with van der Waals surface area (Å²) in [7, 11) is 1.12. The lowest BCUT2D eigenvalue weighted by Gasteiger charge is -2.28. The molecule has 0 aromatic heterocycles. The van der Waals surface area contributed by atoms with Gasteiger partial charge in [-0.05, 0) is 27.7 Å². The maximum absolute atomic E-state index is 11.2. The summed E-state index contributed by atoms with van der Waals surface area (Å²) in [6.45, 7) is 7.58. The molecule has 0 aliphatic rings. The van der Waals surface area contributed by atoms with E-state index in [-0.39, 0.29) is 12.1 Å². The summed E-state index contributed by atoms with van der Waals surface area (Å²) in [5.74, 6) is -0.934. The molecule has 0 aromatic rings. The SMILES string of the molecule is COC(=O)/C(=C\N(C(C)C)C(C)C)[N+](=O)[O-]. The van der Waals surface area contributed by atoms with Crippen molar-refractivity contribution < 1.29 is 14.5 Å². The molecule has 16 heavy (non-hydrogen) atoms. The van der Waals surface area contributed by atoms with E-state index in [1.54, 1.807) is 4.90 Å². The van der Waals surface area contributed by atoms with Crippen LogP contribution in [0.15, 0.2) is 11.9 Å². The number of carbonyl (C=O) groups is 1. The summed E-state index contributed by atoms with van der Waals surface area (Å²) in [4.78, 5) is 22.9. The molecule has 92 valence electrons. The highest BCUT2D eigenvalue weighted by molar-refractivity contribution is 5.85. The maximum Gasteiger partial charge on any atom is 0.411 e. The normalized spacial score (nSPS) is 11.8. The van der Waals surface area contributed by atoms with Crippen LogP contribution in [0.2, 0.25) is 0 Å². The van der Waals surface area contributed by atoms with Gasteiger partial charge in [-0.3, -0.25) is 10.1 Å². The molecular weight excluding hydrogens is 212 g/mol. The molecule has 0 aromatic carbocycles. The molecule has 6 nitrogen and oxygen atoms in total. The zero-order valence-electron chi connectivity index (χ0n) is 10.3. The van der Waals surface area contributed by atoms with Gasteiger partial charge in [-0.2, -0.15) is 0 Å². The molecule has 0 rings (SSSR count). The van der Waals surface area contributed by atoms with Gasteiger partial charge < -0.3 is 9.64 Å². The predicted molar refractivity (Wildman–Crippen MR) is 59.2 cm³/mol. The Morgan fingerprint density at radius 1 is 1.31 bits per heavy atom. The van der Waals surface area contributed by atoms with Crippen molar-refractivity contribution in [3.8, 4) is 0 Å². The molecular formula is C10H18N2O4. The van der Waals surface area contributed by atoms with Crippen molar-refractivity contribution in [3.63, 3.8) is 0 Å². The van der Waals surface area contributed by atoms with Crippen LogP contribution in [0.1, 0.15) is 27.7 Å².